The Bertz CT molecular complexity index is 709. The quantitative estimate of drug-likeness (QED) is 0.657. The van der Waals surface area contributed by atoms with Gasteiger partial charge in [0.25, 0.3) is 0 Å². The van der Waals surface area contributed by atoms with Gasteiger partial charge in [0.15, 0.2) is 10.9 Å². The molecule has 3 aromatic rings. The van der Waals surface area contributed by atoms with Crippen LogP contribution < -0.4 is 9.80 Å². The maximum Gasteiger partial charge on any atom is 0.187 e. The number of thiazole rings is 1. The Balaban J connectivity index is 1.73. The van der Waals surface area contributed by atoms with E-state index in [-0.39, 0.29) is 0 Å². The van der Waals surface area contributed by atoms with Crippen molar-refractivity contribution in [3.8, 4) is 0 Å². The summed E-state index contributed by atoms with van der Waals surface area (Å²) in [5.41, 5.74) is 2.27. The van der Waals surface area contributed by atoms with Crippen molar-refractivity contribution in [2.24, 2.45) is 0 Å². The van der Waals surface area contributed by atoms with Crippen LogP contribution in [0.2, 0.25) is 0 Å². The molecule has 0 radical (unpaired) electrons. The van der Waals surface area contributed by atoms with E-state index >= 15 is 0 Å². The van der Waals surface area contributed by atoms with Crippen LogP contribution in [-0.4, -0.2) is 18.1 Å². The van der Waals surface area contributed by atoms with E-state index in [1.807, 2.05) is 12.1 Å². The van der Waals surface area contributed by atoms with Gasteiger partial charge < -0.3 is 4.90 Å². The number of benzene rings is 2. The molecule has 1 aliphatic rings. The van der Waals surface area contributed by atoms with Crippen molar-refractivity contribution in [2.45, 2.75) is 12.8 Å². The number of hydrogen-bond donors (Lipinski definition) is 0. The number of nitrogens with zero attached hydrogens (tertiary/aromatic N) is 3. The Labute approximate surface area is 140 Å². The molecule has 1 fully saturated rings. The molecule has 3 nitrogen and oxygen atoms in total. The molecule has 0 aliphatic carbocycles. The van der Waals surface area contributed by atoms with E-state index in [2.05, 4.69) is 63.7 Å². The van der Waals surface area contributed by atoms with E-state index < -0.39 is 0 Å². The molecule has 2 heterocycles. The maximum absolute atomic E-state index is 4.92. The van der Waals surface area contributed by atoms with E-state index in [1.165, 1.54) is 12.8 Å². The highest BCUT2D eigenvalue weighted by molar-refractivity contribution is 7.14. The van der Waals surface area contributed by atoms with Gasteiger partial charge in [-0.05, 0) is 37.1 Å². The lowest BCUT2D eigenvalue weighted by atomic mass is 10.2. The topological polar surface area (TPSA) is 19.4 Å². The smallest absolute Gasteiger partial charge is 0.187 e. The third-order valence-electron chi connectivity index (χ3n) is 4.11. The predicted octanol–water partition coefficient (Wildman–Crippen LogP) is 5.21. The van der Waals surface area contributed by atoms with E-state index in [9.17, 15) is 0 Å². The van der Waals surface area contributed by atoms with E-state index in [1.54, 1.807) is 11.3 Å². The van der Waals surface area contributed by atoms with Crippen LogP contribution >= 0.6 is 11.3 Å². The molecule has 0 unspecified atom stereocenters. The minimum atomic E-state index is 0.995. The van der Waals surface area contributed by atoms with Crippen LogP contribution in [0.1, 0.15) is 12.8 Å². The zero-order valence-corrected chi connectivity index (χ0v) is 13.7. The van der Waals surface area contributed by atoms with E-state index in [0.717, 1.165) is 35.4 Å². The lowest BCUT2D eigenvalue weighted by Gasteiger charge is -2.23. The molecule has 0 saturated carbocycles. The Morgan fingerprint density at radius 3 is 1.96 bits per heavy atom. The number of anilines is 4. The molecule has 2 aromatic carbocycles. The van der Waals surface area contributed by atoms with Crippen LogP contribution in [0.4, 0.5) is 22.3 Å². The molecule has 4 heteroatoms. The SMILES string of the molecule is c1ccc(N(c2ccccc2)c2csc(N3CCCC3)n2)cc1. The van der Waals surface area contributed by atoms with Gasteiger partial charge in [0, 0.05) is 29.8 Å². The van der Waals surface area contributed by atoms with E-state index in [0.29, 0.717) is 0 Å². The largest absolute Gasteiger partial charge is 0.348 e. The lowest BCUT2D eigenvalue weighted by Crippen LogP contribution is -2.17. The van der Waals surface area contributed by atoms with Gasteiger partial charge in [0.2, 0.25) is 0 Å². The first-order valence-electron chi connectivity index (χ1n) is 8.02. The molecule has 0 atom stereocenters. The van der Waals surface area contributed by atoms with Gasteiger partial charge in [-0.2, -0.15) is 0 Å². The van der Waals surface area contributed by atoms with E-state index in [4.69, 9.17) is 4.98 Å². The van der Waals surface area contributed by atoms with Crippen LogP contribution in [0, 0.1) is 0 Å². The summed E-state index contributed by atoms with van der Waals surface area (Å²) in [6, 6.07) is 20.9. The number of para-hydroxylation sites is 2. The average Bonchev–Trinajstić information content (AvgIpc) is 3.29. The molecule has 0 amide bonds. The molecule has 116 valence electrons. The second-order valence-electron chi connectivity index (χ2n) is 5.69. The van der Waals surface area contributed by atoms with Crippen molar-refractivity contribution in [2.75, 3.05) is 22.9 Å². The number of hydrogen-bond acceptors (Lipinski definition) is 4. The third-order valence-corrected chi connectivity index (χ3v) is 5.00. The molecular weight excluding hydrogens is 302 g/mol. The molecule has 1 aromatic heterocycles. The zero-order valence-electron chi connectivity index (χ0n) is 12.9. The van der Waals surface area contributed by atoms with Crippen molar-refractivity contribution in [3.05, 3.63) is 66.0 Å². The molecule has 0 spiro atoms. The molecular formula is C19H19N3S. The Morgan fingerprint density at radius 2 is 1.39 bits per heavy atom. The van der Waals surface area contributed by atoms with Crippen molar-refractivity contribution < 1.29 is 0 Å². The number of aromatic nitrogens is 1. The van der Waals surface area contributed by atoms with Gasteiger partial charge >= 0.3 is 0 Å². The van der Waals surface area contributed by atoms with Gasteiger partial charge in [0.1, 0.15) is 0 Å². The fourth-order valence-electron chi connectivity index (χ4n) is 2.98. The monoisotopic (exact) mass is 321 g/mol. The van der Waals surface area contributed by atoms with Crippen molar-refractivity contribution in [1.82, 2.24) is 4.98 Å². The highest BCUT2D eigenvalue weighted by Crippen LogP contribution is 2.37. The molecule has 1 saturated heterocycles. The van der Waals surface area contributed by atoms with Crippen molar-refractivity contribution in [1.29, 1.82) is 0 Å². The summed E-state index contributed by atoms with van der Waals surface area (Å²) in [4.78, 5) is 9.53. The molecule has 4 rings (SSSR count). The van der Waals surface area contributed by atoms with Crippen molar-refractivity contribution in [3.63, 3.8) is 0 Å². The first kappa shape index (κ1) is 14.3. The van der Waals surface area contributed by atoms with Gasteiger partial charge in [-0.1, -0.05) is 36.4 Å². The second kappa shape index (κ2) is 6.42. The summed E-state index contributed by atoms with van der Waals surface area (Å²) in [6.07, 6.45) is 2.55. The van der Waals surface area contributed by atoms with Gasteiger partial charge in [0.05, 0.1) is 0 Å². The fraction of sp³-hybridized carbons (Fsp3) is 0.211. The molecule has 0 bridgehead atoms. The standard InChI is InChI=1S/C19H19N3S/c1-3-9-16(10-4-1)22(17-11-5-2-6-12-17)18-15-23-19(20-18)21-13-7-8-14-21/h1-6,9-12,15H,7-8,13-14H2. The average molecular weight is 321 g/mol. The summed E-state index contributed by atoms with van der Waals surface area (Å²) < 4.78 is 0. The van der Waals surface area contributed by atoms with Gasteiger partial charge in [-0.3, -0.25) is 4.90 Å². The highest BCUT2D eigenvalue weighted by Gasteiger charge is 2.19. The predicted molar refractivity (Wildman–Crippen MR) is 98.2 cm³/mol. The molecule has 1 aliphatic heterocycles. The molecule has 0 N–H and O–H groups in total. The molecule has 23 heavy (non-hydrogen) atoms. The first-order chi connectivity index (χ1) is 11.4. The van der Waals surface area contributed by atoms with Crippen LogP contribution in [0.3, 0.4) is 0 Å². The van der Waals surface area contributed by atoms with Crippen molar-refractivity contribution >= 4 is 33.7 Å². The summed E-state index contributed by atoms with van der Waals surface area (Å²) >= 11 is 1.74. The summed E-state index contributed by atoms with van der Waals surface area (Å²) in [6.45, 7) is 2.26. The third kappa shape index (κ3) is 2.94. The van der Waals surface area contributed by atoms with Crippen LogP contribution in [0.5, 0.6) is 0 Å². The normalized spacial score (nSPS) is 14.2. The minimum Gasteiger partial charge on any atom is -0.348 e. The Morgan fingerprint density at radius 1 is 0.826 bits per heavy atom. The van der Waals surface area contributed by atoms with Crippen LogP contribution in [0.15, 0.2) is 66.0 Å². The zero-order chi connectivity index (χ0) is 15.5. The highest BCUT2D eigenvalue weighted by atomic mass is 32.1. The maximum atomic E-state index is 4.92. The van der Waals surface area contributed by atoms with Gasteiger partial charge in [-0.15, -0.1) is 11.3 Å². The number of rotatable bonds is 4. The van der Waals surface area contributed by atoms with Crippen LogP contribution in [0.25, 0.3) is 0 Å². The second-order valence-corrected chi connectivity index (χ2v) is 6.53. The Kier molecular flexibility index (Phi) is 3.99. The fourth-order valence-corrected chi connectivity index (χ4v) is 3.83. The summed E-state index contributed by atoms with van der Waals surface area (Å²) in [5.74, 6) is 0.995. The van der Waals surface area contributed by atoms with Gasteiger partial charge in [-0.25, -0.2) is 4.98 Å². The first-order valence-corrected chi connectivity index (χ1v) is 8.90. The summed E-state index contributed by atoms with van der Waals surface area (Å²) in [5, 5.41) is 3.29. The van der Waals surface area contributed by atoms with Crippen LogP contribution in [-0.2, 0) is 0 Å². The summed E-state index contributed by atoms with van der Waals surface area (Å²) in [7, 11) is 0. The lowest BCUT2D eigenvalue weighted by molar-refractivity contribution is 0.949. The minimum absolute atomic E-state index is 0.995. The Hall–Kier alpha value is -2.33.